The van der Waals surface area contributed by atoms with Crippen LogP contribution in [0, 0.1) is 11.7 Å². The molecule has 2 aromatic rings. The number of aromatic nitrogens is 5. The smallest absolute Gasteiger partial charge is 0.277 e. The van der Waals surface area contributed by atoms with E-state index in [9.17, 15) is 4.79 Å². The molecule has 7 heteroatoms. The molecule has 0 saturated heterocycles. The van der Waals surface area contributed by atoms with Gasteiger partial charge in [0.25, 0.3) is 5.56 Å². The summed E-state index contributed by atoms with van der Waals surface area (Å²) in [6.45, 7) is 4.57. The largest absolute Gasteiger partial charge is 0.303 e. The molecule has 2 heterocycles. The highest BCUT2D eigenvalue weighted by Gasteiger charge is 2.13. The van der Waals surface area contributed by atoms with Gasteiger partial charge in [0.05, 0.1) is 11.3 Å². The zero-order valence-electron chi connectivity index (χ0n) is 11.3. The van der Waals surface area contributed by atoms with Crippen LogP contribution in [0.15, 0.2) is 10.9 Å². The van der Waals surface area contributed by atoms with Gasteiger partial charge in [-0.05, 0) is 31.6 Å². The van der Waals surface area contributed by atoms with Crippen LogP contribution in [0.1, 0.15) is 25.5 Å². The Hall–Kier alpha value is -1.76. The highest BCUT2D eigenvalue weighted by Crippen LogP contribution is 2.12. The highest BCUT2D eigenvalue weighted by atomic mass is 32.1. The van der Waals surface area contributed by atoms with Gasteiger partial charge in [-0.25, -0.2) is 4.68 Å². The lowest BCUT2D eigenvalue weighted by Crippen LogP contribution is -2.26. The van der Waals surface area contributed by atoms with E-state index in [1.165, 1.54) is 4.68 Å². The summed E-state index contributed by atoms with van der Waals surface area (Å²) in [6, 6.07) is 1.75. The molecule has 0 spiro atoms. The number of aryl methyl sites for hydroxylation is 2. The van der Waals surface area contributed by atoms with Crippen LogP contribution in [-0.2, 0) is 13.6 Å². The first-order valence-corrected chi connectivity index (χ1v) is 6.66. The lowest BCUT2D eigenvalue weighted by molar-refractivity contribution is 0.538. The third-order valence-corrected chi connectivity index (χ3v) is 3.31. The summed E-state index contributed by atoms with van der Waals surface area (Å²) in [5, 5.41) is 11.1. The van der Waals surface area contributed by atoms with Crippen molar-refractivity contribution in [1.82, 2.24) is 24.5 Å². The molecular weight excluding hydrogens is 262 g/mol. The standard InChI is InChI=1S/C12H17N5OS/c1-4-5-6-17-11(18)9(7-8(2)15-17)10-13-14-12(19)16(10)3/h7H,4-6H2,1-3H3,(H,14,19). The van der Waals surface area contributed by atoms with E-state index >= 15 is 0 Å². The molecule has 1 N–H and O–H groups in total. The van der Waals surface area contributed by atoms with Crippen molar-refractivity contribution < 1.29 is 0 Å². The molecule has 0 saturated carbocycles. The molecular formula is C12H17N5OS. The second-order valence-corrected chi connectivity index (χ2v) is 4.88. The van der Waals surface area contributed by atoms with Crippen LogP contribution in [0.2, 0.25) is 0 Å². The molecule has 0 aliphatic heterocycles. The van der Waals surface area contributed by atoms with Crippen molar-refractivity contribution in [3.8, 4) is 11.4 Å². The second-order valence-electron chi connectivity index (χ2n) is 4.49. The molecule has 0 atom stereocenters. The van der Waals surface area contributed by atoms with Gasteiger partial charge in [-0.1, -0.05) is 13.3 Å². The van der Waals surface area contributed by atoms with Crippen molar-refractivity contribution >= 4 is 12.2 Å². The lowest BCUT2D eigenvalue weighted by Gasteiger charge is -2.07. The maximum atomic E-state index is 12.4. The predicted molar refractivity (Wildman–Crippen MR) is 75.5 cm³/mol. The molecule has 0 bridgehead atoms. The lowest BCUT2D eigenvalue weighted by atomic mass is 10.2. The first-order valence-electron chi connectivity index (χ1n) is 6.25. The van der Waals surface area contributed by atoms with Crippen LogP contribution >= 0.6 is 12.2 Å². The summed E-state index contributed by atoms with van der Waals surface area (Å²) in [5.74, 6) is 0.547. The van der Waals surface area contributed by atoms with Gasteiger partial charge in [0, 0.05) is 13.6 Å². The van der Waals surface area contributed by atoms with E-state index in [4.69, 9.17) is 12.2 Å². The molecule has 2 aromatic heterocycles. The van der Waals surface area contributed by atoms with E-state index in [0.29, 0.717) is 22.7 Å². The van der Waals surface area contributed by atoms with E-state index in [2.05, 4.69) is 22.2 Å². The molecule has 0 radical (unpaired) electrons. The zero-order valence-corrected chi connectivity index (χ0v) is 12.1. The van der Waals surface area contributed by atoms with E-state index in [0.717, 1.165) is 18.5 Å². The Morgan fingerprint density at radius 3 is 2.79 bits per heavy atom. The highest BCUT2D eigenvalue weighted by molar-refractivity contribution is 7.71. The fourth-order valence-electron chi connectivity index (χ4n) is 1.88. The SMILES string of the molecule is CCCCn1nc(C)cc(-c2n[nH]c(=S)n2C)c1=O. The predicted octanol–water partition coefficient (Wildman–Crippen LogP) is 1.81. The van der Waals surface area contributed by atoms with Crippen molar-refractivity contribution in [2.75, 3.05) is 0 Å². The fourth-order valence-corrected chi connectivity index (χ4v) is 2.01. The van der Waals surface area contributed by atoms with Crippen LogP contribution in [0.25, 0.3) is 11.4 Å². The summed E-state index contributed by atoms with van der Waals surface area (Å²) >= 11 is 5.07. The van der Waals surface area contributed by atoms with Gasteiger partial charge in [0.1, 0.15) is 0 Å². The van der Waals surface area contributed by atoms with Gasteiger partial charge in [0.2, 0.25) is 0 Å². The molecule has 102 valence electrons. The summed E-state index contributed by atoms with van der Waals surface area (Å²) in [5.41, 5.74) is 1.19. The second kappa shape index (κ2) is 5.48. The molecule has 6 nitrogen and oxygen atoms in total. The molecule has 0 aliphatic carbocycles. The zero-order chi connectivity index (χ0) is 14.0. The van der Waals surface area contributed by atoms with Crippen molar-refractivity contribution in [3.05, 3.63) is 26.9 Å². The first-order chi connectivity index (χ1) is 9.04. The first kappa shape index (κ1) is 13.7. The van der Waals surface area contributed by atoms with E-state index in [1.54, 1.807) is 17.7 Å². The average Bonchev–Trinajstić information content (AvgIpc) is 2.71. The Labute approximate surface area is 116 Å². The number of rotatable bonds is 4. The van der Waals surface area contributed by atoms with Crippen LogP contribution in [0.3, 0.4) is 0 Å². The van der Waals surface area contributed by atoms with E-state index < -0.39 is 0 Å². The van der Waals surface area contributed by atoms with Crippen LogP contribution in [-0.4, -0.2) is 24.5 Å². The van der Waals surface area contributed by atoms with Crippen molar-refractivity contribution in [1.29, 1.82) is 0 Å². The van der Waals surface area contributed by atoms with Crippen LogP contribution in [0.5, 0.6) is 0 Å². The third kappa shape index (κ3) is 2.65. The number of nitrogens with one attached hydrogen (secondary N) is 1. The van der Waals surface area contributed by atoms with E-state index in [-0.39, 0.29) is 5.56 Å². The monoisotopic (exact) mass is 279 g/mol. The van der Waals surface area contributed by atoms with Crippen LogP contribution in [0.4, 0.5) is 0 Å². The van der Waals surface area contributed by atoms with Gasteiger partial charge in [-0.15, -0.1) is 0 Å². The number of unbranched alkanes of at least 4 members (excludes halogenated alkanes) is 1. The van der Waals surface area contributed by atoms with Gasteiger partial charge in [-0.2, -0.15) is 10.2 Å². The third-order valence-electron chi connectivity index (χ3n) is 2.94. The molecule has 19 heavy (non-hydrogen) atoms. The quantitative estimate of drug-likeness (QED) is 0.867. The average molecular weight is 279 g/mol. The number of hydrogen-bond acceptors (Lipinski definition) is 4. The Bertz CT molecular complexity index is 697. The number of aromatic amines is 1. The molecule has 0 amide bonds. The summed E-state index contributed by atoms with van der Waals surface area (Å²) in [7, 11) is 1.78. The minimum absolute atomic E-state index is 0.129. The van der Waals surface area contributed by atoms with Crippen molar-refractivity contribution in [2.45, 2.75) is 33.2 Å². The summed E-state index contributed by atoms with van der Waals surface area (Å²) in [4.78, 5) is 12.4. The normalized spacial score (nSPS) is 10.9. The van der Waals surface area contributed by atoms with E-state index in [1.807, 2.05) is 6.92 Å². The van der Waals surface area contributed by atoms with Crippen LogP contribution < -0.4 is 5.56 Å². The van der Waals surface area contributed by atoms with Crippen molar-refractivity contribution in [3.63, 3.8) is 0 Å². The minimum Gasteiger partial charge on any atom is -0.303 e. The molecule has 0 aromatic carbocycles. The van der Waals surface area contributed by atoms with Gasteiger partial charge in [-0.3, -0.25) is 9.89 Å². The molecule has 2 rings (SSSR count). The number of nitrogens with zero attached hydrogens (tertiary/aromatic N) is 4. The Morgan fingerprint density at radius 1 is 1.47 bits per heavy atom. The minimum atomic E-state index is -0.129. The summed E-state index contributed by atoms with van der Waals surface area (Å²) < 4.78 is 3.69. The van der Waals surface area contributed by atoms with Crippen molar-refractivity contribution in [2.24, 2.45) is 7.05 Å². The fraction of sp³-hybridized carbons (Fsp3) is 0.500. The Balaban J connectivity index is 2.58. The van der Waals surface area contributed by atoms with Gasteiger partial charge < -0.3 is 4.57 Å². The molecule has 0 fully saturated rings. The molecule has 0 aliphatic rings. The molecule has 0 unspecified atom stereocenters. The number of H-pyrrole nitrogens is 1. The summed E-state index contributed by atoms with van der Waals surface area (Å²) in [6.07, 6.45) is 1.94. The Morgan fingerprint density at radius 2 is 2.21 bits per heavy atom. The maximum absolute atomic E-state index is 12.4. The maximum Gasteiger partial charge on any atom is 0.277 e. The Kier molecular flexibility index (Phi) is 3.94. The van der Waals surface area contributed by atoms with Gasteiger partial charge >= 0.3 is 0 Å². The van der Waals surface area contributed by atoms with Gasteiger partial charge in [0.15, 0.2) is 10.6 Å². The number of hydrogen-bond donors (Lipinski definition) is 1. The topological polar surface area (TPSA) is 68.5 Å².